The molecule has 0 unspecified atom stereocenters. The number of hydrogen-bond acceptors (Lipinski definition) is 4. The molecule has 0 N–H and O–H groups in total. The van der Waals surface area contributed by atoms with E-state index in [4.69, 9.17) is 19.4 Å². The number of fused-ring (bicyclic) bond motifs is 9. The molecule has 0 fully saturated rings. The molecule has 12 aromatic carbocycles. The maximum Gasteiger partial charge on any atom is 0.216 e. The van der Waals surface area contributed by atoms with Crippen LogP contribution >= 0.6 is 0 Å². The average molecular weight is 1060 g/mol. The molecule has 4 aromatic heterocycles. The summed E-state index contributed by atoms with van der Waals surface area (Å²) in [7, 11) is 0. The molecule has 0 spiro atoms. The van der Waals surface area contributed by atoms with E-state index in [-0.39, 0.29) is 0 Å². The van der Waals surface area contributed by atoms with Gasteiger partial charge in [-0.2, -0.15) is 0 Å². The topological polar surface area (TPSA) is 66.0 Å². The number of benzene rings is 12. The monoisotopic (exact) mass is 1060 g/mol. The fraction of sp³-hybridized carbons (Fsp3) is 0. The summed E-state index contributed by atoms with van der Waals surface area (Å²) in [4.78, 5) is 20.1. The van der Waals surface area contributed by atoms with Crippen LogP contribution in [0, 0.1) is 6.57 Å². The summed E-state index contributed by atoms with van der Waals surface area (Å²) in [6.07, 6.45) is 0. The molecule has 0 saturated carbocycles. The zero-order chi connectivity index (χ0) is 55.0. The van der Waals surface area contributed by atoms with E-state index in [1.165, 1.54) is 0 Å². The van der Waals surface area contributed by atoms with Gasteiger partial charge in [-0.3, -0.25) is 0 Å². The molecule has 0 aliphatic carbocycles. The molecule has 0 amide bonds. The number of rotatable bonds is 9. The van der Waals surface area contributed by atoms with Crippen molar-refractivity contribution in [1.82, 2.24) is 24.1 Å². The third kappa shape index (κ3) is 7.92. The fourth-order valence-corrected chi connectivity index (χ4v) is 12.3. The first-order valence-electron chi connectivity index (χ1n) is 27.8. The van der Waals surface area contributed by atoms with Crippen LogP contribution in [-0.2, 0) is 0 Å². The van der Waals surface area contributed by atoms with Crippen molar-refractivity contribution in [2.45, 2.75) is 0 Å². The molecule has 0 aliphatic heterocycles. The Hall–Kier alpha value is -11.5. The Labute approximate surface area is 477 Å². The van der Waals surface area contributed by atoms with Gasteiger partial charge in [-0.05, 0) is 105 Å². The Morgan fingerprint density at radius 2 is 0.663 bits per heavy atom. The standard InChI is InChI=1S/C76H46N6O/c1-77-64-47-69(81-65-39-35-54(48-21-8-2-9-22-48)43-60(65)61-44-55(36-40-66(61)81)49-23-10-3-11-24-49)70-58-33-20-34-59(76-79-74(52-29-16-6-17-30-52)78-75(80-76)53-31-18-7-19-32-53)72(58)83-73(70)71(64)82-67-41-37-56(50-25-12-4-13-26-50)45-62(67)63-46-57(38-42-68(63)82)51-27-14-5-15-28-51/h2-47H. The van der Waals surface area contributed by atoms with Crippen LogP contribution in [0.4, 0.5) is 5.69 Å². The van der Waals surface area contributed by atoms with Crippen LogP contribution in [0.2, 0.25) is 0 Å². The van der Waals surface area contributed by atoms with E-state index in [0.29, 0.717) is 45.6 Å². The van der Waals surface area contributed by atoms with E-state index in [1.54, 1.807) is 0 Å². The highest BCUT2D eigenvalue weighted by Gasteiger charge is 2.29. The van der Waals surface area contributed by atoms with Crippen molar-refractivity contribution in [3.8, 4) is 90.0 Å². The fourth-order valence-electron chi connectivity index (χ4n) is 12.3. The summed E-state index contributed by atoms with van der Waals surface area (Å²) >= 11 is 0. The van der Waals surface area contributed by atoms with Gasteiger partial charge < -0.3 is 13.6 Å². The van der Waals surface area contributed by atoms with Gasteiger partial charge in [0.2, 0.25) is 5.69 Å². The first-order chi connectivity index (χ1) is 41.1. The van der Waals surface area contributed by atoms with E-state index in [9.17, 15) is 6.57 Å². The Bertz CT molecular complexity index is 4990. The average Bonchev–Trinajstić information content (AvgIpc) is 2.08. The highest BCUT2D eigenvalue weighted by Crippen LogP contribution is 2.50. The minimum atomic E-state index is 0.431. The third-order valence-corrected chi connectivity index (χ3v) is 16.2. The summed E-state index contributed by atoms with van der Waals surface area (Å²) in [5, 5.41) is 5.99. The smallest absolute Gasteiger partial charge is 0.216 e. The molecule has 0 bridgehead atoms. The second-order valence-corrected chi connectivity index (χ2v) is 21.0. The molecule has 16 rings (SSSR count). The van der Waals surface area contributed by atoms with Crippen molar-refractivity contribution in [2.24, 2.45) is 0 Å². The molecular formula is C76H46N6O. The van der Waals surface area contributed by atoms with E-state index in [0.717, 1.165) is 116 Å². The number of para-hydroxylation sites is 1. The van der Waals surface area contributed by atoms with Gasteiger partial charge >= 0.3 is 0 Å². The minimum absolute atomic E-state index is 0.431. The van der Waals surface area contributed by atoms with Crippen molar-refractivity contribution in [1.29, 1.82) is 0 Å². The zero-order valence-corrected chi connectivity index (χ0v) is 44.6. The van der Waals surface area contributed by atoms with Gasteiger partial charge in [0, 0.05) is 43.7 Å². The van der Waals surface area contributed by atoms with Gasteiger partial charge in [0.05, 0.1) is 45.3 Å². The van der Waals surface area contributed by atoms with Gasteiger partial charge in [-0.1, -0.05) is 218 Å². The maximum atomic E-state index is 9.32. The van der Waals surface area contributed by atoms with Gasteiger partial charge in [0.15, 0.2) is 23.1 Å². The van der Waals surface area contributed by atoms with E-state index >= 15 is 0 Å². The van der Waals surface area contributed by atoms with Crippen molar-refractivity contribution < 1.29 is 4.42 Å². The Morgan fingerprint density at radius 1 is 0.301 bits per heavy atom. The predicted molar refractivity (Wildman–Crippen MR) is 340 cm³/mol. The van der Waals surface area contributed by atoms with Gasteiger partial charge in [0.1, 0.15) is 5.58 Å². The van der Waals surface area contributed by atoms with Crippen molar-refractivity contribution in [3.63, 3.8) is 0 Å². The van der Waals surface area contributed by atoms with E-state index in [2.05, 4.69) is 214 Å². The SMILES string of the molecule is [C-]#[N+]c1cc(-n2c3ccc(-c4ccccc4)cc3c3cc(-c4ccccc4)ccc32)c2c(oc3c(-c4nc(-c5ccccc5)nc(-c5ccccc5)n4)cccc32)c1-n1c2ccc(-c3ccccc3)cc2c2cc(-c3ccccc3)ccc21. The summed E-state index contributed by atoms with van der Waals surface area (Å²) in [6.45, 7) is 9.32. The first kappa shape index (κ1) is 47.5. The van der Waals surface area contributed by atoms with Crippen LogP contribution in [0.15, 0.2) is 283 Å². The largest absolute Gasteiger partial charge is 0.454 e. The molecule has 16 aromatic rings. The lowest BCUT2D eigenvalue weighted by molar-refractivity contribution is 0.667. The van der Waals surface area contributed by atoms with Crippen LogP contribution < -0.4 is 0 Å². The summed E-state index contributed by atoms with van der Waals surface area (Å²) in [6, 6.07) is 97.3. The lowest BCUT2D eigenvalue weighted by atomic mass is 10.0. The van der Waals surface area contributed by atoms with Gasteiger partial charge in [0.25, 0.3) is 0 Å². The van der Waals surface area contributed by atoms with Crippen molar-refractivity contribution in [3.05, 3.63) is 290 Å². The van der Waals surface area contributed by atoms with Gasteiger partial charge in [-0.25, -0.2) is 19.8 Å². The quantitative estimate of drug-likeness (QED) is 0.135. The molecule has 0 radical (unpaired) electrons. The van der Waals surface area contributed by atoms with E-state index in [1.807, 2.05) is 78.9 Å². The molecular weight excluding hydrogens is 1010 g/mol. The number of hydrogen-bond donors (Lipinski definition) is 0. The Balaban J connectivity index is 1.04. The summed E-state index contributed by atoms with van der Waals surface area (Å²) in [5.41, 5.74) is 18.3. The summed E-state index contributed by atoms with van der Waals surface area (Å²) in [5.74, 6) is 1.56. The summed E-state index contributed by atoms with van der Waals surface area (Å²) < 4.78 is 12.2. The first-order valence-corrected chi connectivity index (χ1v) is 27.8. The van der Waals surface area contributed by atoms with Gasteiger partial charge in [-0.15, -0.1) is 0 Å². The Morgan fingerprint density at radius 3 is 1.05 bits per heavy atom. The minimum Gasteiger partial charge on any atom is -0.454 e. The second-order valence-electron chi connectivity index (χ2n) is 21.0. The van der Waals surface area contributed by atoms with Crippen LogP contribution in [0.25, 0.3) is 160 Å². The highest BCUT2D eigenvalue weighted by atomic mass is 16.3. The maximum absolute atomic E-state index is 9.32. The Kier molecular flexibility index (Phi) is 11.1. The molecule has 0 atom stereocenters. The number of furan rings is 1. The van der Waals surface area contributed by atoms with Crippen LogP contribution in [-0.4, -0.2) is 24.1 Å². The number of nitrogens with zero attached hydrogens (tertiary/aromatic N) is 6. The predicted octanol–water partition coefficient (Wildman–Crippen LogP) is 20.2. The lowest BCUT2D eigenvalue weighted by Gasteiger charge is -2.16. The van der Waals surface area contributed by atoms with Crippen LogP contribution in [0.5, 0.6) is 0 Å². The van der Waals surface area contributed by atoms with Crippen LogP contribution in [0.1, 0.15) is 0 Å². The van der Waals surface area contributed by atoms with Crippen molar-refractivity contribution >= 4 is 71.2 Å². The molecule has 0 saturated heterocycles. The van der Waals surface area contributed by atoms with Crippen molar-refractivity contribution in [2.75, 3.05) is 0 Å². The molecule has 386 valence electrons. The van der Waals surface area contributed by atoms with E-state index < -0.39 is 0 Å². The third-order valence-electron chi connectivity index (χ3n) is 16.2. The molecule has 83 heavy (non-hydrogen) atoms. The second kappa shape index (κ2) is 19.4. The highest BCUT2D eigenvalue weighted by molar-refractivity contribution is 6.21. The molecule has 7 heteroatoms. The lowest BCUT2D eigenvalue weighted by Crippen LogP contribution is -2.00. The zero-order valence-electron chi connectivity index (χ0n) is 44.6. The number of aromatic nitrogens is 5. The van der Waals surface area contributed by atoms with Crippen LogP contribution in [0.3, 0.4) is 0 Å². The molecule has 7 nitrogen and oxygen atoms in total. The molecule has 4 heterocycles. The molecule has 0 aliphatic rings. The normalized spacial score (nSPS) is 11.6.